The number of rotatable bonds is 12. The maximum Gasteiger partial charge on any atom is 0.338 e. The largest absolute Gasteiger partial charge is 0.478 e. The van der Waals surface area contributed by atoms with Crippen LogP contribution in [0.25, 0.3) is 0 Å². The van der Waals surface area contributed by atoms with Crippen molar-refractivity contribution in [3.63, 3.8) is 0 Å². The highest BCUT2D eigenvalue weighted by Gasteiger charge is 2.42. The summed E-state index contributed by atoms with van der Waals surface area (Å²) in [7, 11) is 0. The molecule has 1 aliphatic rings. The summed E-state index contributed by atoms with van der Waals surface area (Å²) in [5, 5.41) is 22.7. The van der Waals surface area contributed by atoms with E-state index in [2.05, 4.69) is 10.3 Å². The van der Waals surface area contributed by atoms with Crippen LogP contribution in [0.5, 0.6) is 0 Å². The maximum atomic E-state index is 12.9. The van der Waals surface area contributed by atoms with E-state index < -0.39 is 24.5 Å². The zero-order valence-electron chi connectivity index (χ0n) is 27.3. The van der Waals surface area contributed by atoms with Gasteiger partial charge in [-0.1, -0.05) is 91.0 Å². The van der Waals surface area contributed by atoms with E-state index >= 15 is 0 Å². The molecule has 0 spiro atoms. The normalized spacial score (nSPS) is 18.7. The van der Waals surface area contributed by atoms with Crippen LogP contribution in [-0.2, 0) is 27.3 Å². The van der Waals surface area contributed by atoms with Gasteiger partial charge in [-0.15, -0.1) is 11.8 Å². The maximum absolute atomic E-state index is 12.9. The minimum atomic E-state index is -1.05. The Labute approximate surface area is 294 Å². The van der Waals surface area contributed by atoms with Gasteiger partial charge in [0.05, 0.1) is 30.8 Å². The summed E-state index contributed by atoms with van der Waals surface area (Å²) in [6, 6.07) is 35.0. The fraction of sp³-hybridized carbons (Fsp3) is 0.200. The summed E-state index contributed by atoms with van der Waals surface area (Å²) in [4.78, 5) is 40.9. The predicted molar refractivity (Wildman–Crippen MR) is 190 cm³/mol. The van der Waals surface area contributed by atoms with Crippen molar-refractivity contribution < 1.29 is 34.1 Å². The van der Waals surface area contributed by atoms with Gasteiger partial charge in [-0.3, -0.25) is 9.59 Å². The van der Waals surface area contributed by atoms with E-state index in [0.717, 1.165) is 27.8 Å². The Bertz CT molecular complexity index is 1950. The third-order valence-electron chi connectivity index (χ3n) is 8.53. The molecule has 10 heteroatoms. The Morgan fingerprint density at radius 1 is 0.800 bits per heavy atom. The molecule has 0 radical (unpaired) electrons. The molecule has 1 aliphatic heterocycles. The number of amides is 1. The smallest absolute Gasteiger partial charge is 0.338 e. The molecule has 9 nitrogen and oxygen atoms in total. The van der Waals surface area contributed by atoms with Gasteiger partial charge in [-0.05, 0) is 53.4 Å². The number of thioether (sulfide) groups is 1. The van der Waals surface area contributed by atoms with Crippen molar-refractivity contribution in [2.45, 2.75) is 49.4 Å². The number of ether oxygens (including phenoxy) is 2. The van der Waals surface area contributed by atoms with Crippen LogP contribution in [0, 0.1) is 0 Å². The molecule has 0 saturated carbocycles. The van der Waals surface area contributed by atoms with Gasteiger partial charge in [0.25, 0.3) is 0 Å². The second kappa shape index (κ2) is 16.1. The number of carboxylic acids is 1. The molecule has 5 aromatic rings. The molecular weight excluding hydrogens is 653 g/mol. The summed E-state index contributed by atoms with van der Waals surface area (Å²) in [5.41, 5.74) is 5.43. The van der Waals surface area contributed by atoms with Crippen LogP contribution in [0.4, 0.5) is 5.69 Å². The highest BCUT2D eigenvalue weighted by atomic mass is 32.2. The number of aliphatic hydroxyl groups is 1. The number of carbonyl (C=O) groups is 3. The summed E-state index contributed by atoms with van der Waals surface area (Å²) in [5.74, 6) is -1.21. The number of aromatic nitrogens is 1. The predicted octanol–water partition coefficient (Wildman–Crippen LogP) is 7.39. The number of benzene rings is 4. The number of anilines is 1. The minimum Gasteiger partial charge on any atom is -0.478 e. The van der Waals surface area contributed by atoms with Gasteiger partial charge in [0.1, 0.15) is 5.03 Å². The lowest BCUT2D eigenvalue weighted by molar-refractivity contribution is -0.255. The van der Waals surface area contributed by atoms with Crippen LogP contribution in [-0.4, -0.2) is 44.7 Å². The van der Waals surface area contributed by atoms with Gasteiger partial charge in [-0.2, -0.15) is 0 Å². The molecule has 4 atom stereocenters. The summed E-state index contributed by atoms with van der Waals surface area (Å²) >= 11 is 1.32. The van der Waals surface area contributed by atoms with Crippen molar-refractivity contribution in [3.8, 4) is 0 Å². The molecule has 4 aromatic carbocycles. The highest BCUT2D eigenvalue weighted by Crippen LogP contribution is 2.48. The fourth-order valence-electron chi connectivity index (χ4n) is 5.98. The van der Waals surface area contributed by atoms with Crippen LogP contribution in [0.1, 0.15) is 73.8 Å². The van der Waals surface area contributed by atoms with E-state index in [1.54, 1.807) is 36.5 Å². The van der Waals surface area contributed by atoms with E-state index in [-0.39, 0.29) is 36.2 Å². The molecule has 0 bridgehead atoms. The van der Waals surface area contributed by atoms with Crippen LogP contribution in [0.2, 0.25) is 0 Å². The number of carboxylic acid groups (broad SMARTS) is 1. The summed E-state index contributed by atoms with van der Waals surface area (Å²) in [6.07, 6.45) is 0.0513. The standard InChI is InChI=1S/C40H36N2O7S/c1-25(44)31-9-5-10-32(22-31)42-35(45)21-26-12-18-30(19-13-26)40-48-34(24-50-38-33(39(46)47)11-6-20-41-38)36(28-7-3-2-4-8-28)37(49-40)29-16-14-27(23-43)15-17-29/h2-20,22,34,36-37,40,43H,21,23-24H2,1H3,(H,42,45)(H,46,47)/t34-,36-,37+,40?/m1/s1. The van der Waals surface area contributed by atoms with Crippen molar-refractivity contribution in [2.24, 2.45) is 0 Å². The van der Waals surface area contributed by atoms with Gasteiger partial charge in [-0.25, -0.2) is 9.78 Å². The van der Waals surface area contributed by atoms with Crippen LogP contribution in [0.15, 0.2) is 126 Å². The monoisotopic (exact) mass is 688 g/mol. The Kier molecular flexibility index (Phi) is 11.1. The molecule has 254 valence electrons. The van der Waals surface area contributed by atoms with Crippen molar-refractivity contribution >= 4 is 35.1 Å². The lowest BCUT2D eigenvalue weighted by Crippen LogP contribution is -2.38. The van der Waals surface area contributed by atoms with E-state index in [4.69, 9.17) is 9.47 Å². The van der Waals surface area contributed by atoms with Gasteiger partial charge < -0.3 is 25.0 Å². The van der Waals surface area contributed by atoms with Crippen molar-refractivity contribution in [2.75, 3.05) is 11.1 Å². The van der Waals surface area contributed by atoms with E-state index in [0.29, 0.717) is 22.0 Å². The number of aromatic carboxylic acids is 1. The number of hydrogen-bond acceptors (Lipinski definition) is 8. The molecule has 50 heavy (non-hydrogen) atoms. The Hall–Kier alpha value is -5.13. The SMILES string of the molecule is CC(=O)c1cccc(NC(=O)Cc2ccc(C3O[C@H](CSc4ncccc4C(=O)O)[C@@H](c4ccccc4)[C@H](c4ccc(CO)cc4)O3)cc2)c1. The highest BCUT2D eigenvalue weighted by molar-refractivity contribution is 7.99. The lowest BCUT2D eigenvalue weighted by Gasteiger charge is -2.43. The molecule has 1 amide bonds. The molecular formula is C40H36N2O7S. The van der Waals surface area contributed by atoms with Gasteiger partial charge in [0.2, 0.25) is 5.91 Å². The van der Waals surface area contributed by atoms with Crippen LogP contribution < -0.4 is 5.32 Å². The van der Waals surface area contributed by atoms with Gasteiger partial charge in [0, 0.05) is 34.7 Å². The van der Waals surface area contributed by atoms with Crippen molar-refractivity contribution in [1.82, 2.24) is 4.98 Å². The average Bonchev–Trinajstić information content (AvgIpc) is 3.14. The van der Waals surface area contributed by atoms with E-state index in [1.807, 2.05) is 78.9 Å². The van der Waals surface area contributed by atoms with Gasteiger partial charge in [0.15, 0.2) is 12.1 Å². The fourth-order valence-corrected chi connectivity index (χ4v) is 7.03. The van der Waals surface area contributed by atoms with Crippen LogP contribution in [0.3, 0.4) is 0 Å². The van der Waals surface area contributed by atoms with Crippen molar-refractivity contribution in [1.29, 1.82) is 0 Å². The molecule has 1 saturated heterocycles. The first-order chi connectivity index (χ1) is 24.3. The average molecular weight is 689 g/mol. The molecule has 1 unspecified atom stereocenters. The number of nitrogens with one attached hydrogen (secondary N) is 1. The quantitative estimate of drug-likeness (QED) is 0.0906. The number of aliphatic hydroxyl groups excluding tert-OH is 1. The topological polar surface area (TPSA) is 135 Å². The number of carbonyl (C=O) groups excluding carboxylic acids is 2. The molecule has 6 rings (SSSR count). The molecule has 1 fully saturated rings. The number of pyridine rings is 1. The summed E-state index contributed by atoms with van der Waals surface area (Å²) < 4.78 is 13.5. The summed E-state index contributed by atoms with van der Waals surface area (Å²) in [6.45, 7) is 1.40. The molecule has 0 aliphatic carbocycles. The first-order valence-electron chi connectivity index (χ1n) is 16.2. The third kappa shape index (κ3) is 8.35. The zero-order valence-corrected chi connectivity index (χ0v) is 28.1. The minimum absolute atomic E-state index is 0.0779. The van der Waals surface area contributed by atoms with E-state index in [1.165, 1.54) is 24.8 Å². The van der Waals surface area contributed by atoms with Crippen LogP contribution >= 0.6 is 11.8 Å². The van der Waals surface area contributed by atoms with Gasteiger partial charge >= 0.3 is 5.97 Å². The third-order valence-corrected chi connectivity index (χ3v) is 9.62. The Morgan fingerprint density at radius 2 is 1.52 bits per heavy atom. The Balaban J connectivity index is 1.27. The molecule has 2 heterocycles. The number of Topliss-reactive ketones (excluding diaryl/α,β-unsaturated/α-hetero) is 1. The Morgan fingerprint density at radius 3 is 2.22 bits per heavy atom. The van der Waals surface area contributed by atoms with E-state index in [9.17, 15) is 24.6 Å². The first-order valence-corrected chi connectivity index (χ1v) is 17.1. The number of ketones is 1. The first kappa shape index (κ1) is 34.7. The molecule has 1 aromatic heterocycles. The zero-order chi connectivity index (χ0) is 35.0. The lowest BCUT2D eigenvalue weighted by atomic mass is 9.84. The number of hydrogen-bond donors (Lipinski definition) is 3. The van der Waals surface area contributed by atoms with Crippen molar-refractivity contribution in [3.05, 3.63) is 160 Å². The molecule has 3 N–H and O–H groups in total. The second-order valence-electron chi connectivity index (χ2n) is 12.0. The number of nitrogens with zero attached hydrogens (tertiary/aromatic N) is 1. The second-order valence-corrected chi connectivity index (χ2v) is 13.0.